The van der Waals surface area contributed by atoms with E-state index < -0.39 is 9.84 Å². The monoisotopic (exact) mass is 193 g/mol. The van der Waals surface area contributed by atoms with Gasteiger partial charge in [0.1, 0.15) is 0 Å². The zero-order valence-electron chi connectivity index (χ0n) is 8.37. The van der Waals surface area contributed by atoms with E-state index in [1.54, 1.807) is 0 Å². The lowest BCUT2D eigenvalue weighted by Crippen LogP contribution is -2.53. The van der Waals surface area contributed by atoms with Crippen LogP contribution in [0.5, 0.6) is 0 Å². The van der Waals surface area contributed by atoms with Crippen molar-refractivity contribution in [1.29, 1.82) is 0 Å². The molecule has 1 saturated heterocycles. The molecule has 0 aliphatic carbocycles. The Balaban J connectivity index is 0.000000561. The first kappa shape index (κ1) is 11.9. The third-order valence-electron chi connectivity index (χ3n) is 1.98. The number of rotatable bonds is 2. The van der Waals surface area contributed by atoms with Crippen LogP contribution in [0.3, 0.4) is 0 Å². The third-order valence-corrected chi connectivity index (χ3v) is 3.49. The van der Waals surface area contributed by atoms with Crippen molar-refractivity contribution in [3.05, 3.63) is 0 Å². The number of nitrogens with zero attached hydrogens (tertiary/aromatic N) is 1. The molecule has 4 heteroatoms. The lowest BCUT2D eigenvalue weighted by atomic mass is 10.2. The molecule has 0 saturated carbocycles. The molecule has 0 amide bonds. The Bertz CT molecular complexity index is 205. The van der Waals surface area contributed by atoms with Gasteiger partial charge in [-0.2, -0.15) is 0 Å². The van der Waals surface area contributed by atoms with Crippen LogP contribution in [-0.2, 0) is 9.84 Å². The Morgan fingerprint density at radius 3 is 2.00 bits per heavy atom. The first-order chi connectivity index (χ1) is 5.54. The molecular formula is C8H19NO2S. The van der Waals surface area contributed by atoms with Gasteiger partial charge in [0, 0.05) is 19.3 Å². The van der Waals surface area contributed by atoms with E-state index in [1.165, 1.54) is 6.26 Å². The van der Waals surface area contributed by atoms with Gasteiger partial charge in [-0.05, 0) is 6.54 Å². The first-order valence-corrected chi connectivity index (χ1v) is 6.40. The van der Waals surface area contributed by atoms with Crippen LogP contribution in [0.25, 0.3) is 0 Å². The SMILES string of the molecule is CC.CCN1CC(S(C)(=O)=O)C1. The fourth-order valence-electron chi connectivity index (χ4n) is 1.05. The Labute approximate surface area is 75.7 Å². The zero-order chi connectivity index (χ0) is 9.78. The highest BCUT2D eigenvalue weighted by Crippen LogP contribution is 2.13. The van der Waals surface area contributed by atoms with E-state index in [9.17, 15) is 8.42 Å². The van der Waals surface area contributed by atoms with Gasteiger partial charge in [0.25, 0.3) is 0 Å². The summed E-state index contributed by atoms with van der Waals surface area (Å²) in [5.74, 6) is 0. The van der Waals surface area contributed by atoms with Gasteiger partial charge in [-0.15, -0.1) is 0 Å². The predicted molar refractivity (Wildman–Crippen MR) is 52.1 cm³/mol. The molecule has 1 heterocycles. The topological polar surface area (TPSA) is 37.4 Å². The summed E-state index contributed by atoms with van der Waals surface area (Å²) in [7, 11) is -2.75. The largest absolute Gasteiger partial charge is 0.301 e. The highest BCUT2D eigenvalue weighted by atomic mass is 32.2. The van der Waals surface area contributed by atoms with Crippen LogP contribution in [-0.4, -0.2) is 44.5 Å². The number of sulfone groups is 1. The molecule has 0 N–H and O–H groups in total. The van der Waals surface area contributed by atoms with Gasteiger partial charge >= 0.3 is 0 Å². The highest BCUT2D eigenvalue weighted by Gasteiger charge is 2.32. The quantitative estimate of drug-likeness (QED) is 0.650. The van der Waals surface area contributed by atoms with Crippen molar-refractivity contribution in [2.45, 2.75) is 26.0 Å². The summed E-state index contributed by atoms with van der Waals surface area (Å²) >= 11 is 0. The molecule has 3 nitrogen and oxygen atoms in total. The average molecular weight is 193 g/mol. The Kier molecular flexibility index (Phi) is 4.78. The van der Waals surface area contributed by atoms with Crippen molar-refractivity contribution in [2.24, 2.45) is 0 Å². The average Bonchev–Trinajstić information content (AvgIpc) is 1.87. The molecule has 1 aliphatic heterocycles. The van der Waals surface area contributed by atoms with Crippen molar-refractivity contribution in [3.63, 3.8) is 0 Å². The maximum absolute atomic E-state index is 10.8. The standard InChI is InChI=1S/C6H13NO2S.C2H6/c1-3-7-4-6(5-7)10(2,8)9;1-2/h6H,3-5H2,1-2H3;1-2H3. The fourth-order valence-corrected chi connectivity index (χ4v) is 2.01. The summed E-state index contributed by atoms with van der Waals surface area (Å²) in [5, 5.41) is -0.0903. The normalized spacial score (nSPS) is 19.3. The van der Waals surface area contributed by atoms with E-state index in [2.05, 4.69) is 4.90 Å². The van der Waals surface area contributed by atoms with Crippen LogP contribution >= 0.6 is 0 Å². The van der Waals surface area contributed by atoms with Gasteiger partial charge < -0.3 is 4.90 Å². The molecule has 12 heavy (non-hydrogen) atoms. The minimum absolute atomic E-state index is 0.0903. The van der Waals surface area contributed by atoms with E-state index in [-0.39, 0.29) is 5.25 Å². The summed E-state index contributed by atoms with van der Waals surface area (Å²) < 4.78 is 21.7. The van der Waals surface area contributed by atoms with E-state index in [0.29, 0.717) is 0 Å². The minimum atomic E-state index is -2.75. The molecule has 0 aromatic carbocycles. The van der Waals surface area contributed by atoms with Crippen molar-refractivity contribution in [1.82, 2.24) is 4.90 Å². The number of hydrogen-bond donors (Lipinski definition) is 0. The van der Waals surface area contributed by atoms with E-state index in [0.717, 1.165) is 19.6 Å². The molecule has 0 spiro atoms. The Hall–Kier alpha value is -0.0900. The molecular weight excluding hydrogens is 174 g/mol. The maximum atomic E-state index is 10.8. The second-order valence-corrected chi connectivity index (χ2v) is 5.13. The van der Waals surface area contributed by atoms with E-state index in [1.807, 2.05) is 20.8 Å². The van der Waals surface area contributed by atoms with Gasteiger partial charge in [-0.3, -0.25) is 0 Å². The van der Waals surface area contributed by atoms with Gasteiger partial charge in [0.15, 0.2) is 9.84 Å². The minimum Gasteiger partial charge on any atom is -0.301 e. The second-order valence-electron chi connectivity index (χ2n) is 2.80. The summed E-state index contributed by atoms with van der Waals surface area (Å²) in [6.45, 7) is 8.47. The molecule has 0 bridgehead atoms. The van der Waals surface area contributed by atoms with Crippen LogP contribution < -0.4 is 0 Å². The summed E-state index contributed by atoms with van der Waals surface area (Å²) in [4.78, 5) is 2.12. The molecule has 0 radical (unpaired) electrons. The molecule has 1 aliphatic rings. The second kappa shape index (κ2) is 4.82. The molecule has 74 valence electrons. The lowest BCUT2D eigenvalue weighted by Gasteiger charge is -2.36. The predicted octanol–water partition coefficient (Wildman–Crippen LogP) is 0.761. The van der Waals surface area contributed by atoms with Crippen LogP contribution in [0.15, 0.2) is 0 Å². The molecule has 0 atom stereocenters. The zero-order valence-corrected chi connectivity index (χ0v) is 9.19. The number of hydrogen-bond acceptors (Lipinski definition) is 3. The summed E-state index contributed by atoms with van der Waals surface area (Å²) in [5.41, 5.74) is 0. The van der Waals surface area contributed by atoms with Crippen molar-refractivity contribution in [2.75, 3.05) is 25.9 Å². The Morgan fingerprint density at radius 2 is 1.75 bits per heavy atom. The third kappa shape index (κ3) is 3.11. The van der Waals surface area contributed by atoms with Crippen LogP contribution in [0.4, 0.5) is 0 Å². The molecule has 1 rings (SSSR count). The lowest BCUT2D eigenvalue weighted by molar-refractivity contribution is 0.196. The van der Waals surface area contributed by atoms with Gasteiger partial charge in [-0.1, -0.05) is 20.8 Å². The van der Waals surface area contributed by atoms with Gasteiger partial charge in [0.05, 0.1) is 5.25 Å². The van der Waals surface area contributed by atoms with Crippen LogP contribution in [0.2, 0.25) is 0 Å². The van der Waals surface area contributed by atoms with E-state index in [4.69, 9.17) is 0 Å². The Morgan fingerprint density at radius 1 is 1.33 bits per heavy atom. The molecule has 0 unspecified atom stereocenters. The van der Waals surface area contributed by atoms with Gasteiger partial charge in [0.2, 0.25) is 0 Å². The number of likely N-dealkylation sites (tertiary alicyclic amines) is 1. The smallest absolute Gasteiger partial charge is 0.152 e. The summed E-state index contributed by atoms with van der Waals surface area (Å²) in [6, 6.07) is 0. The van der Waals surface area contributed by atoms with Gasteiger partial charge in [-0.25, -0.2) is 8.42 Å². The van der Waals surface area contributed by atoms with E-state index >= 15 is 0 Å². The van der Waals surface area contributed by atoms with Crippen LogP contribution in [0, 0.1) is 0 Å². The molecule has 0 aromatic heterocycles. The summed E-state index contributed by atoms with van der Waals surface area (Å²) in [6.07, 6.45) is 1.31. The fraction of sp³-hybridized carbons (Fsp3) is 1.00. The van der Waals surface area contributed by atoms with Crippen molar-refractivity contribution < 1.29 is 8.42 Å². The molecule has 1 fully saturated rings. The van der Waals surface area contributed by atoms with Crippen LogP contribution in [0.1, 0.15) is 20.8 Å². The first-order valence-electron chi connectivity index (χ1n) is 4.45. The van der Waals surface area contributed by atoms with Crippen molar-refractivity contribution in [3.8, 4) is 0 Å². The maximum Gasteiger partial charge on any atom is 0.152 e. The molecule has 0 aromatic rings. The highest BCUT2D eigenvalue weighted by molar-refractivity contribution is 7.91. The van der Waals surface area contributed by atoms with Crippen molar-refractivity contribution >= 4 is 9.84 Å².